The topological polar surface area (TPSA) is 64.4 Å². The van der Waals surface area contributed by atoms with Crippen LogP contribution in [0.25, 0.3) is 11.3 Å². The molecule has 7 heteroatoms. The van der Waals surface area contributed by atoms with Gasteiger partial charge in [-0.2, -0.15) is 0 Å². The van der Waals surface area contributed by atoms with E-state index in [2.05, 4.69) is 10.5 Å². The van der Waals surface area contributed by atoms with Crippen LogP contribution >= 0.6 is 23.2 Å². The molecule has 1 aromatic carbocycles. The molecule has 2 aromatic rings. The number of carbonyl (C=O) groups excluding carboxylic acids is 1. The van der Waals surface area contributed by atoms with Crippen molar-refractivity contribution in [2.45, 2.75) is 38.7 Å². The molecule has 5 nitrogen and oxygen atoms in total. The maximum Gasteiger partial charge on any atom is 0.412 e. The van der Waals surface area contributed by atoms with Gasteiger partial charge in [-0.1, -0.05) is 41.0 Å². The summed E-state index contributed by atoms with van der Waals surface area (Å²) >= 11 is 11.9. The van der Waals surface area contributed by atoms with Gasteiger partial charge in [0.15, 0.2) is 0 Å². The number of anilines is 1. The largest absolute Gasteiger partial charge is 0.442 e. The molecule has 1 aromatic heterocycles. The van der Waals surface area contributed by atoms with Gasteiger partial charge >= 0.3 is 6.09 Å². The lowest BCUT2D eigenvalue weighted by Gasteiger charge is -2.15. The molecule has 1 atom stereocenters. The summed E-state index contributed by atoms with van der Waals surface area (Å²) in [6, 6.07) is 7.79. The number of aryl methyl sites for hydroxylation is 1. The lowest BCUT2D eigenvalue weighted by Crippen LogP contribution is -2.21. The van der Waals surface area contributed by atoms with E-state index >= 15 is 0 Å². The van der Waals surface area contributed by atoms with Gasteiger partial charge in [-0.15, -0.1) is 11.6 Å². The molecule has 0 saturated heterocycles. The summed E-state index contributed by atoms with van der Waals surface area (Å²) in [5, 5.41) is 7.47. The van der Waals surface area contributed by atoms with Gasteiger partial charge in [-0.3, -0.25) is 5.32 Å². The number of hydrogen-bond donors (Lipinski definition) is 1. The molecular weight excluding hydrogens is 375 g/mol. The molecule has 1 aliphatic rings. The summed E-state index contributed by atoms with van der Waals surface area (Å²) < 4.78 is 10.5. The van der Waals surface area contributed by atoms with Crippen molar-refractivity contribution in [3.05, 3.63) is 46.7 Å². The number of benzene rings is 1. The molecule has 0 radical (unpaired) electrons. The Balaban J connectivity index is 1.66. The number of amides is 1. The number of rotatable bonds is 6. The fourth-order valence-electron chi connectivity index (χ4n) is 3.00. The van der Waals surface area contributed by atoms with Crippen LogP contribution in [0.4, 0.5) is 10.5 Å². The van der Waals surface area contributed by atoms with Gasteiger partial charge in [0.1, 0.15) is 23.7 Å². The average Bonchev–Trinajstić information content (AvgIpc) is 3.24. The minimum absolute atomic E-state index is 0.358. The third kappa shape index (κ3) is 4.40. The molecule has 1 amide bonds. The fourth-order valence-corrected chi connectivity index (χ4v) is 3.60. The molecule has 0 bridgehead atoms. The van der Waals surface area contributed by atoms with Crippen molar-refractivity contribution in [2.24, 2.45) is 0 Å². The minimum atomic E-state index is -0.565. The second-order valence-corrected chi connectivity index (χ2v) is 7.00. The predicted octanol–water partition coefficient (Wildman–Crippen LogP) is 5.74. The second kappa shape index (κ2) is 8.60. The van der Waals surface area contributed by atoms with E-state index in [1.807, 2.05) is 31.2 Å². The first kappa shape index (κ1) is 18.8. The molecule has 26 heavy (non-hydrogen) atoms. The Morgan fingerprint density at radius 1 is 1.35 bits per heavy atom. The van der Waals surface area contributed by atoms with E-state index in [-0.39, 0.29) is 6.10 Å². The molecule has 3 rings (SSSR count). The Morgan fingerprint density at radius 2 is 2.12 bits per heavy atom. The minimum Gasteiger partial charge on any atom is -0.442 e. The molecule has 138 valence electrons. The lowest BCUT2D eigenvalue weighted by atomic mass is 10.1. The Kier molecular flexibility index (Phi) is 6.22. The maximum atomic E-state index is 12.2. The van der Waals surface area contributed by atoms with Crippen LogP contribution < -0.4 is 5.32 Å². The molecule has 0 fully saturated rings. The normalized spacial score (nSPS) is 15.2. The van der Waals surface area contributed by atoms with Crippen molar-refractivity contribution in [2.75, 3.05) is 11.2 Å². The van der Waals surface area contributed by atoms with Crippen molar-refractivity contribution in [3.8, 4) is 11.3 Å². The standard InChI is InChI=1S/C19H20Cl2N2O3/c1-12(15-3-2-4-16(15)21)26-19(24)22-17-11-25-23-18(17)14-7-5-13(6-8-14)9-10-20/h5-8,11-12H,2-4,9-10H2,1H3,(H,22,24). The summed E-state index contributed by atoms with van der Waals surface area (Å²) in [4.78, 5) is 12.2. The van der Waals surface area contributed by atoms with E-state index in [1.54, 1.807) is 0 Å². The van der Waals surface area contributed by atoms with Gasteiger partial charge in [-0.05, 0) is 43.7 Å². The van der Waals surface area contributed by atoms with E-state index in [4.69, 9.17) is 32.5 Å². The van der Waals surface area contributed by atoms with Gasteiger partial charge < -0.3 is 9.26 Å². The summed E-state index contributed by atoms with van der Waals surface area (Å²) in [5.74, 6) is 0.570. The molecule has 1 N–H and O–H groups in total. The summed E-state index contributed by atoms with van der Waals surface area (Å²) in [6.07, 6.45) is 3.97. The first-order valence-corrected chi connectivity index (χ1v) is 9.44. The van der Waals surface area contributed by atoms with Gasteiger partial charge in [0, 0.05) is 16.5 Å². The van der Waals surface area contributed by atoms with E-state index < -0.39 is 6.09 Å². The second-order valence-electron chi connectivity index (χ2n) is 6.17. The summed E-state index contributed by atoms with van der Waals surface area (Å²) in [6.45, 7) is 1.83. The van der Waals surface area contributed by atoms with Gasteiger partial charge in [0.2, 0.25) is 0 Å². The number of ether oxygens (including phenoxy) is 1. The van der Waals surface area contributed by atoms with Crippen molar-refractivity contribution in [1.29, 1.82) is 0 Å². The number of nitrogens with one attached hydrogen (secondary N) is 1. The number of allylic oxidation sites excluding steroid dienone is 1. The SMILES string of the molecule is CC(OC(=O)Nc1conc1-c1ccc(CCCl)cc1)C1=C(Cl)CCC1. The zero-order valence-corrected chi connectivity index (χ0v) is 15.9. The average molecular weight is 395 g/mol. The number of halogens is 2. The first-order valence-electron chi connectivity index (χ1n) is 8.53. The quantitative estimate of drug-likeness (QED) is 0.634. The molecule has 0 aliphatic heterocycles. The zero-order chi connectivity index (χ0) is 18.5. The monoisotopic (exact) mass is 394 g/mol. The fraction of sp³-hybridized carbons (Fsp3) is 0.368. The van der Waals surface area contributed by atoms with Crippen LogP contribution in [0.15, 0.2) is 45.7 Å². The predicted molar refractivity (Wildman–Crippen MR) is 103 cm³/mol. The van der Waals surface area contributed by atoms with E-state index in [0.717, 1.165) is 47.4 Å². The number of carbonyl (C=O) groups is 1. The number of nitrogens with zero attached hydrogens (tertiary/aromatic N) is 1. The highest BCUT2D eigenvalue weighted by Crippen LogP contribution is 2.32. The van der Waals surface area contributed by atoms with Crippen molar-refractivity contribution in [1.82, 2.24) is 5.16 Å². The van der Waals surface area contributed by atoms with Crippen LogP contribution in [0.1, 0.15) is 31.7 Å². The Bertz CT molecular complexity index is 799. The molecule has 1 aliphatic carbocycles. The van der Waals surface area contributed by atoms with Gasteiger partial charge in [0.25, 0.3) is 0 Å². The zero-order valence-electron chi connectivity index (χ0n) is 14.4. The van der Waals surface area contributed by atoms with Crippen LogP contribution in [0, 0.1) is 0 Å². The summed E-state index contributed by atoms with van der Waals surface area (Å²) in [5.41, 5.74) is 3.96. The van der Waals surface area contributed by atoms with Crippen molar-refractivity contribution >= 4 is 35.0 Å². The molecule has 0 saturated carbocycles. The Labute approximate surface area is 162 Å². The van der Waals surface area contributed by atoms with E-state index in [9.17, 15) is 4.79 Å². The Hall–Kier alpha value is -1.98. The van der Waals surface area contributed by atoms with Crippen molar-refractivity contribution < 1.29 is 14.1 Å². The van der Waals surface area contributed by atoms with Crippen LogP contribution in [0.2, 0.25) is 0 Å². The van der Waals surface area contributed by atoms with E-state index in [1.165, 1.54) is 6.26 Å². The maximum absolute atomic E-state index is 12.2. The molecule has 1 heterocycles. The number of hydrogen-bond acceptors (Lipinski definition) is 4. The molecule has 1 unspecified atom stereocenters. The highest BCUT2D eigenvalue weighted by atomic mass is 35.5. The molecular formula is C19H20Cl2N2O3. The lowest BCUT2D eigenvalue weighted by molar-refractivity contribution is 0.136. The smallest absolute Gasteiger partial charge is 0.412 e. The third-order valence-corrected chi connectivity index (χ3v) is 5.00. The highest BCUT2D eigenvalue weighted by molar-refractivity contribution is 6.30. The number of alkyl halides is 1. The van der Waals surface area contributed by atoms with Crippen LogP contribution in [-0.2, 0) is 11.2 Å². The first-order chi connectivity index (χ1) is 12.6. The molecule has 0 spiro atoms. The van der Waals surface area contributed by atoms with Crippen LogP contribution in [-0.4, -0.2) is 23.2 Å². The summed E-state index contributed by atoms with van der Waals surface area (Å²) in [7, 11) is 0. The van der Waals surface area contributed by atoms with Gasteiger partial charge in [0.05, 0.1) is 0 Å². The van der Waals surface area contributed by atoms with E-state index in [0.29, 0.717) is 17.3 Å². The Morgan fingerprint density at radius 3 is 2.77 bits per heavy atom. The highest BCUT2D eigenvalue weighted by Gasteiger charge is 2.22. The third-order valence-electron chi connectivity index (χ3n) is 4.38. The van der Waals surface area contributed by atoms with Crippen LogP contribution in [0.3, 0.4) is 0 Å². The van der Waals surface area contributed by atoms with Gasteiger partial charge in [-0.25, -0.2) is 4.79 Å². The van der Waals surface area contributed by atoms with Crippen molar-refractivity contribution in [3.63, 3.8) is 0 Å². The number of aromatic nitrogens is 1. The van der Waals surface area contributed by atoms with Crippen LogP contribution in [0.5, 0.6) is 0 Å².